The molecule has 31 heavy (non-hydrogen) atoms. The maximum absolute atomic E-state index is 12.9. The lowest BCUT2D eigenvalue weighted by atomic mass is 9.98. The number of halogens is 1. The van der Waals surface area contributed by atoms with Crippen LogP contribution < -0.4 is 5.32 Å². The van der Waals surface area contributed by atoms with Crippen molar-refractivity contribution >= 4 is 29.3 Å². The van der Waals surface area contributed by atoms with E-state index in [2.05, 4.69) is 5.32 Å². The molecule has 0 fully saturated rings. The molecule has 158 valence electrons. The number of hydrogen-bond acceptors (Lipinski definition) is 4. The Bertz CT molecular complexity index is 1110. The highest BCUT2D eigenvalue weighted by atomic mass is 35.5. The first-order chi connectivity index (χ1) is 14.8. The molecule has 1 amide bonds. The third-order valence-electron chi connectivity index (χ3n) is 4.77. The first-order valence-corrected chi connectivity index (χ1v) is 10.2. The molecule has 0 saturated heterocycles. The third kappa shape index (κ3) is 5.80. The summed E-state index contributed by atoms with van der Waals surface area (Å²) in [6.45, 7) is 3.27. The second-order valence-electron chi connectivity index (χ2n) is 7.16. The van der Waals surface area contributed by atoms with Crippen molar-refractivity contribution in [1.29, 1.82) is 0 Å². The molecule has 0 saturated carbocycles. The van der Waals surface area contributed by atoms with Crippen LogP contribution in [0.2, 0.25) is 5.02 Å². The number of hydrogen-bond donors (Lipinski definition) is 1. The molecule has 0 heterocycles. The number of nitrogens with one attached hydrogen (secondary N) is 1. The monoisotopic (exact) mass is 435 g/mol. The van der Waals surface area contributed by atoms with Crippen LogP contribution in [0.1, 0.15) is 50.4 Å². The fourth-order valence-electron chi connectivity index (χ4n) is 3.07. The van der Waals surface area contributed by atoms with Crippen LogP contribution in [0.15, 0.2) is 72.8 Å². The Labute approximate surface area is 186 Å². The van der Waals surface area contributed by atoms with Crippen molar-refractivity contribution in [2.24, 2.45) is 0 Å². The summed E-state index contributed by atoms with van der Waals surface area (Å²) in [6.07, 6.45) is 0. The maximum atomic E-state index is 12.9. The summed E-state index contributed by atoms with van der Waals surface area (Å²) in [7, 11) is 0. The molecule has 3 aromatic rings. The molecule has 0 aliphatic carbocycles. The van der Waals surface area contributed by atoms with E-state index in [1.807, 2.05) is 25.1 Å². The smallest absolute Gasteiger partial charge is 0.339 e. The molecule has 0 aliphatic rings. The maximum Gasteiger partial charge on any atom is 0.339 e. The van der Waals surface area contributed by atoms with Gasteiger partial charge in [-0.3, -0.25) is 9.59 Å². The van der Waals surface area contributed by atoms with E-state index in [0.29, 0.717) is 10.6 Å². The van der Waals surface area contributed by atoms with Crippen LogP contribution in [-0.4, -0.2) is 24.3 Å². The van der Waals surface area contributed by atoms with Crippen molar-refractivity contribution in [2.75, 3.05) is 6.61 Å². The minimum Gasteiger partial charge on any atom is -0.452 e. The van der Waals surface area contributed by atoms with Gasteiger partial charge >= 0.3 is 5.97 Å². The van der Waals surface area contributed by atoms with Gasteiger partial charge in [0.15, 0.2) is 12.4 Å². The fraction of sp³-hybridized carbons (Fsp3) is 0.160. The van der Waals surface area contributed by atoms with E-state index in [9.17, 15) is 14.4 Å². The number of ketones is 1. The van der Waals surface area contributed by atoms with Crippen molar-refractivity contribution in [3.05, 3.63) is 106 Å². The van der Waals surface area contributed by atoms with Gasteiger partial charge < -0.3 is 10.1 Å². The van der Waals surface area contributed by atoms with Crippen molar-refractivity contribution in [3.63, 3.8) is 0 Å². The molecule has 1 atom stereocenters. The van der Waals surface area contributed by atoms with Gasteiger partial charge in [-0.25, -0.2) is 4.79 Å². The molecule has 0 radical (unpaired) electrons. The van der Waals surface area contributed by atoms with Crippen molar-refractivity contribution in [1.82, 2.24) is 5.32 Å². The van der Waals surface area contributed by atoms with Crippen LogP contribution in [0.3, 0.4) is 0 Å². The van der Waals surface area contributed by atoms with Crippen LogP contribution in [0, 0.1) is 6.92 Å². The molecule has 6 heteroatoms. The van der Waals surface area contributed by atoms with E-state index in [4.69, 9.17) is 16.3 Å². The van der Waals surface area contributed by atoms with Crippen molar-refractivity contribution in [2.45, 2.75) is 19.9 Å². The molecule has 0 aromatic heterocycles. The zero-order valence-corrected chi connectivity index (χ0v) is 18.0. The highest BCUT2D eigenvalue weighted by molar-refractivity contribution is 6.30. The molecule has 0 aliphatic heterocycles. The van der Waals surface area contributed by atoms with Gasteiger partial charge in [0.2, 0.25) is 0 Å². The Kier molecular flexibility index (Phi) is 7.21. The van der Waals surface area contributed by atoms with Gasteiger partial charge in [-0.05, 0) is 37.6 Å². The standard InChI is InChI=1S/C25H22ClNO4/c1-16-10-12-18(13-11-16)24(29)21-8-3-4-9-22(21)25(30)31-15-23(28)27-17(2)19-6-5-7-20(26)14-19/h3-14,17H,15H2,1-2H3,(H,27,28). The number of carbonyl (C=O) groups is 3. The predicted octanol–water partition coefficient (Wildman–Crippen LogP) is 4.91. The summed E-state index contributed by atoms with van der Waals surface area (Å²) in [6, 6.07) is 20.3. The van der Waals surface area contributed by atoms with E-state index in [-0.39, 0.29) is 23.0 Å². The molecule has 3 rings (SSSR count). The number of aryl methyl sites for hydroxylation is 1. The lowest BCUT2D eigenvalue weighted by molar-refractivity contribution is -0.124. The average molecular weight is 436 g/mol. The summed E-state index contributed by atoms with van der Waals surface area (Å²) in [4.78, 5) is 37.7. The van der Waals surface area contributed by atoms with E-state index in [0.717, 1.165) is 11.1 Å². The largest absolute Gasteiger partial charge is 0.452 e. The molecule has 3 aromatic carbocycles. The van der Waals surface area contributed by atoms with Crippen molar-refractivity contribution < 1.29 is 19.1 Å². The summed E-state index contributed by atoms with van der Waals surface area (Å²) in [5, 5.41) is 3.33. The van der Waals surface area contributed by atoms with Crippen LogP contribution >= 0.6 is 11.6 Å². The highest BCUT2D eigenvalue weighted by Gasteiger charge is 2.20. The van der Waals surface area contributed by atoms with E-state index < -0.39 is 18.5 Å². The Hall–Kier alpha value is -3.44. The lowest BCUT2D eigenvalue weighted by Crippen LogP contribution is -2.31. The topological polar surface area (TPSA) is 72.5 Å². The molecule has 0 bridgehead atoms. The molecule has 1 unspecified atom stereocenters. The Balaban J connectivity index is 1.65. The van der Waals surface area contributed by atoms with Gasteiger partial charge in [-0.15, -0.1) is 0 Å². The number of rotatable bonds is 7. The van der Waals surface area contributed by atoms with Crippen LogP contribution in [-0.2, 0) is 9.53 Å². The van der Waals surface area contributed by atoms with Crippen molar-refractivity contribution in [3.8, 4) is 0 Å². The molecule has 5 nitrogen and oxygen atoms in total. The number of esters is 1. The summed E-state index contributed by atoms with van der Waals surface area (Å²) in [5.74, 6) is -1.48. The van der Waals surface area contributed by atoms with Gasteiger partial charge in [-0.1, -0.05) is 71.8 Å². The van der Waals surface area contributed by atoms with Gasteiger partial charge in [0.25, 0.3) is 5.91 Å². The van der Waals surface area contributed by atoms with E-state index in [1.165, 1.54) is 6.07 Å². The van der Waals surface area contributed by atoms with E-state index >= 15 is 0 Å². The summed E-state index contributed by atoms with van der Waals surface area (Å²) < 4.78 is 5.17. The Morgan fingerprint density at radius 3 is 2.29 bits per heavy atom. The molecule has 1 N–H and O–H groups in total. The first-order valence-electron chi connectivity index (χ1n) is 9.77. The SMILES string of the molecule is Cc1ccc(C(=O)c2ccccc2C(=O)OCC(=O)NC(C)c2cccc(Cl)c2)cc1. The molecular formula is C25H22ClNO4. The Morgan fingerprint density at radius 1 is 0.935 bits per heavy atom. The molecule has 0 spiro atoms. The quantitative estimate of drug-likeness (QED) is 0.422. The summed E-state index contributed by atoms with van der Waals surface area (Å²) in [5.41, 5.74) is 2.68. The van der Waals surface area contributed by atoms with Gasteiger partial charge in [-0.2, -0.15) is 0 Å². The zero-order valence-electron chi connectivity index (χ0n) is 17.2. The van der Waals surface area contributed by atoms with Crippen LogP contribution in [0.25, 0.3) is 0 Å². The predicted molar refractivity (Wildman–Crippen MR) is 119 cm³/mol. The number of ether oxygens (including phenoxy) is 1. The van der Waals surface area contributed by atoms with Gasteiger partial charge in [0.05, 0.1) is 11.6 Å². The van der Waals surface area contributed by atoms with Crippen LogP contribution in [0.5, 0.6) is 0 Å². The minimum atomic E-state index is -0.735. The number of carbonyl (C=O) groups excluding carboxylic acids is 3. The normalized spacial score (nSPS) is 11.5. The second kappa shape index (κ2) is 10.0. The van der Waals surface area contributed by atoms with E-state index in [1.54, 1.807) is 55.5 Å². The van der Waals surface area contributed by atoms with Gasteiger partial charge in [0, 0.05) is 16.1 Å². The van der Waals surface area contributed by atoms with Gasteiger partial charge in [0.1, 0.15) is 0 Å². The average Bonchev–Trinajstić information content (AvgIpc) is 2.77. The second-order valence-corrected chi connectivity index (χ2v) is 7.60. The molecular weight excluding hydrogens is 414 g/mol. The third-order valence-corrected chi connectivity index (χ3v) is 5.00. The highest BCUT2D eigenvalue weighted by Crippen LogP contribution is 2.18. The fourth-order valence-corrected chi connectivity index (χ4v) is 3.27. The first kappa shape index (κ1) is 22.2. The lowest BCUT2D eigenvalue weighted by Gasteiger charge is -2.15. The number of benzene rings is 3. The summed E-state index contributed by atoms with van der Waals surface area (Å²) >= 11 is 5.98. The Morgan fingerprint density at radius 2 is 1.61 bits per heavy atom. The number of amides is 1. The zero-order chi connectivity index (χ0) is 22.4. The minimum absolute atomic E-state index is 0.115. The van der Waals surface area contributed by atoms with Crippen LogP contribution in [0.4, 0.5) is 0 Å².